The van der Waals surface area contributed by atoms with Crippen LogP contribution in [0.2, 0.25) is 0 Å². The van der Waals surface area contributed by atoms with Crippen molar-refractivity contribution >= 4 is 17.9 Å². The number of carbonyl (C=O) groups excluding carboxylic acids is 1. The van der Waals surface area contributed by atoms with Gasteiger partial charge in [0, 0.05) is 12.0 Å². The molecule has 1 rings (SSSR count). The second-order valence-corrected chi connectivity index (χ2v) is 4.65. The van der Waals surface area contributed by atoms with Gasteiger partial charge >= 0.3 is 17.9 Å². The first-order valence-electron chi connectivity index (χ1n) is 6.19. The van der Waals surface area contributed by atoms with Crippen LogP contribution in [0.15, 0.2) is 30.4 Å². The van der Waals surface area contributed by atoms with Gasteiger partial charge in [0.25, 0.3) is 0 Å². The Morgan fingerprint density at radius 1 is 1.24 bits per heavy atom. The van der Waals surface area contributed by atoms with E-state index in [-0.39, 0.29) is 23.1 Å². The highest BCUT2D eigenvalue weighted by molar-refractivity contribution is 6.02. The molecule has 0 saturated carbocycles. The largest absolute Gasteiger partial charge is 0.478 e. The van der Waals surface area contributed by atoms with Crippen LogP contribution < -0.4 is 0 Å². The first-order chi connectivity index (χ1) is 9.73. The zero-order chi connectivity index (χ0) is 16.2. The van der Waals surface area contributed by atoms with Gasteiger partial charge in [-0.25, -0.2) is 14.4 Å². The minimum Gasteiger partial charge on any atom is -0.478 e. The van der Waals surface area contributed by atoms with Crippen molar-refractivity contribution in [1.29, 1.82) is 0 Å². The van der Waals surface area contributed by atoms with E-state index in [0.717, 1.165) is 0 Å². The van der Waals surface area contributed by atoms with Crippen molar-refractivity contribution in [2.24, 2.45) is 0 Å². The molecule has 2 N–H and O–H groups in total. The third-order valence-corrected chi connectivity index (χ3v) is 2.76. The Balaban J connectivity index is 3.06. The molecule has 0 heterocycles. The van der Waals surface area contributed by atoms with Crippen molar-refractivity contribution in [2.45, 2.75) is 26.4 Å². The van der Waals surface area contributed by atoms with Gasteiger partial charge in [-0.05, 0) is 25.5 Å². The number of carbonyl (C=O) groups is 3. The van der Waals surface area contributed by atoms with Crippen molar-refractivity contribution in [3.63, 3.8) is 0 Å². The van der Waals surface area contributed by atoms with Crippen LogP contribution in [0.5, 0.6) is 0 Å². The molecule has 1 aromatic carbocycles. The molecule has 1 atom stereocenters. The molecule has 6 heteroatoms. The van der Waals surface area contributed by atoms with Crippen LogP contribution in [0, 0.1) is 0 Å². The zero-order valence-corrected chi connectivity index (χ0v) is 11.8. The second-order valence-electron chi connectivity index (χ2n) is 4.65. The van der Waals surface area contributed by atoms with Crippen molar-refractivity contribution in [3.8, 4) is 0 Å². The molecule has 0 aliphatic carbocycles. The van der Waals surface area contributed by atoms with E-state index in [1.807, 2.05) is 0 Å². The monoisotopic (exact) mass is 292 g/mol. The lowest BCUT2D eigenvalue weighted by molar-refractivity contribution is -0.143. The van der Waals surface area contributed by atoms with Crippen molar-refractivity contribution in [1.82, 2.24) is 0 Å². The van der Waals surface area contributed by atoms with Gasteiger partial charge in [-0.1, -0.05) is 18.7 Å². The molecule has 6 nitrogen and oxygen atoms in total. The Labute approximate surface area is 121 Å². The molecule has 1 unspecified atom stereocenters. The molecule has 21 heavy (non-hydrogen) atoms. The predicted octanol–water partition coefficient (Wildman–Crippen LogP) is 2.13. The van der Waals surface area contributed by atoms with E-state index in [4.69, 9.17) is 9.84 Å². The Morgan fingerprint density at radius 3 is 2.33 bits per heavy atom. The van der Waals surface area contributed by atoms with Crippen LogP contribution in [-0.4, -0.2) is 34.2 Å². The van der Waals surface area contributed by atoms with Crippen molar-refractivity contribution in [3.05, 3.63) is 47.0 Å². The van der Waals surface area contributed by atoms with E-state index in [1.165, 1.54) is 25.1 Å². The van der Waals surface area contributed by atoms with Crippen LogP contribution >= 0.6 is 0 Å². The van der Waals surface area contributed by atoms with E-state index < -0.39 is 24.0 Å². The fourth-order valence-electron chi connectivity index (χ4n) is 1.84. The summed E-state index contributed by atoms with van der Waals surface area (Å²) >= 11 is 0. The molecule has 0 aromatic heterocycles. The van der Waals surface area contributed by atoms with E-state index >= 15 is 0 Å². The van der Waals surface area contributed by atoms with Crippen molar-refractivity contribution < 1.29 is 29.3 Å². The molecular formula is C15H16O6. The van der Waals surface area contributed by atoms with Gasteiger partial charge in [-0.3, -0.25) is 0 Å². The number of aromatic carboxylic acids is 2. The van der Waals surface area contributed by atoms with Gasteiger partial charge in [0.15, 0.2) is 0 Å². The summed E-state index contributed by atoms with van der Waals surface area (Å²) in [4.78, 5) is 33.7. The van der Waals surface area contributed by atoms with E-state index in [0.29, 0.717) is 5.56 Å². The Bertz CT molecular complexity index is 602. The molecule has 0 aliphatic heterocycles. The molecule has 0 saturated heterocycles. The van der Waals surface area contributed by atoms with Crippen LogP contribution in [-0.2, 0) is 16.0 Å². The van der Waals surface area contributed by atoms with Gasteiger partial charge in [-0.2, -0.15) is 0 Å². The lowest BCUT2D eigenvalue weighted by Gasteiger charge is -2.15. The molecule has 0 aliphatic rings. The maximum Gasteiger partial charge on any atom is 0.336 e. The summed E-state index contributed by atoms with van der Waals surface area (Å²) in [6.07, 6.45) is -0.502. The molecular weight excluding hydrogens is 276 g/mol. The normalized spacial score (nSPS) is 11.5. The zero-order valence-electron chi connectivity index (χ0n) is 11.8. The Morgan fingerprint density at radius 2 is 1.86 bits per heavy atom. The number of ether oxygens (including phenoxy) is 1. The highest BCUT2D eigenvalue weighted by Crippen LogP contribution is 2.18. The number of carboxylic acids is 2. The molecule has 0 spiro atoms. The standard InChI is InChI=1S/C15H16O6/c1-8(2)15(20)21-9(3)7-10-5-4-6-11(13(16)17)12(10)14(18)19/h4-6,9H,1,7H2,2-3H3,(H,16,17)(H,18,19). The van der Waals surface area contributed by atoms with Gasteiger partial charge in [0.2, 0.25) is 0 Å². The Kier molecular flexibility index (Phi) is 5.24. The number of hydrogen-bond donors (Lipinski definition) is 2. The third kappa shape index (κ3) is 4.17. The topological polar surface area (TPSA) is 101 Å². The van der Waals surface area contributed by atoms with E-state index in [1.54, 1.807) is 6.92 Å². The number of benzene rings is 1. The molecule has 0 amide bonds. The summed E-state index contributed by atoms with van der Waals surface area (Å²) in [6, 6.07) is 4.18. The third-order valence-electron chi connectivity index (χ3n) is 2.76. The Hall–Kier alpha value is -2.63. The number of rotatable bonds is 6. The molecule has 0 radical (unpaired) electrons. The molecule has 0 bridgehead atoms. The molecule has 1 aromatic rings. The van der Waals surface area contributed by atoms with Crippen LogP contribution in [0.25, 0.3) is 0 Å². The maximum atomic E-state index is 11.4. The fraction of sp³-hybridized carbons (Fsp3) is 0.267. The average Bonchev–Trinajstić information content (AvgIpc) is 2.37. The minimum atomic E-state index is -1.33. The summed E-state index contributed by atoms with van der Waals surface area (Å²) in [5, 5.41) is 18.2. The molecule has 0 fully saturated rings. The fourth-order valence-corrected chi connectivity index (χ4v) is 1.84. The smallest absolute Gasteiger partial charge is 0.336 e. The highest BCUT2D eigenvalue weighted by Gasteiger charge is 2.21. The van der Waals surface area contributed by atoms with Crippen LogP contribution in [0.1, 0.15) is 40.1 Å². The quantitative estimate of drug-likeness (QED) is 0.615. The summed E-state index contributed by atoms with van der Waals surface area (Å²) < 4.78 is 5.07. The summed E-state index contributed by atoms with van der Waals surface area (Å²) in [5.41, 5.74) is -0.0503. The van der Waals surface area contributed by atoms with Gasteiger partial charge in [0.1, 0.15) is 6.10 Å². The molecule has 112 valence electrons. The van der Waals surface area contributed by atoms with Crippen LogP contribution in [0.4, 0.5) is 0 Å². The number of esters is 1. The maximum absolute atomic E-state index is 11.4. The van der Waals surface area contributed by atoms with Crippen LogP contribution in [0.3, 0.4) is 0 Å². The van der Waals surface area contributed by atoms with E-state index in [2.05, 4.69) is 6.58 Å². The first kappa shape index (κ1) is 16.4. The highest BCUT2D eigenvalue weighted by atomic mass is 16.5. The second kappa shape index (κ2) is 6.69. The minimum absolute atomic E-state index is 0.0990. The SMILES string of the molecule is C=C(C)C(=O)OC(C)Cc1cccc(C(=O)O)c1C(=O)O. The number of carboxylic acid groups (broad SMARTS) is 2. The van der Waals surface area contributed by atoms with Gasteiger partial charge in [0.05, 0.1) is 11.1 Å². The summed E-state index contributed by atoms with van der Waals surface area (Å²) in [5.74, 6) is -3.23. The van der Waals surface area contributed by atoms with Crippen molar-refractivity contribution in [2.75, 3.05) is 0 Å². The first-order valence-corrected chi connectivity index (χ1v) is 6.19. The predicted molar refractivity (Wildman–Crippen MR) is 74.4 cm³/mol. The summed E-state index contributed by atoms with van der Waals surface area (Å²) in [7, 11) is 0. The van der Waals surface area contributed by atoms with Gasteiger partial charge < -0.3 is 14.9 Å². The lowest BCUT2D eigenvalue weighted by Crippen LogP contribution is -2.20. The summed E-state index contributed by atoms with van der Waals surface area (Å²) in [6.45, 7) is 6.55. The van der Waals surface area contributed by atoms with Gasteiger partial charge in [-0.15, -0.1) is 0 Å². The number of hydrogen-bond acceptors (Lipinski definition) is 4. The van der Waals surface area contributed by atoms with E-state index in [9.17, 15) is 19.5 Å². The lowest BCUT2D eigenvalue weighted by atomic mass is 9.97. The average molecular weight is 292 g/mol.